The quantitative estimate of drug-likeness (QED) is 0.858. The number of piperidine rings is 1. The molecule has 0 radical (unpaired) electrons. The second-order valence-electron chi connectivity index (χ2n) is 7.25. The Kier molecular flexibility index (Phi) is 5.14. The third-order valence-corrected chi connectivity index (χ3v) is 5.34. The molecule has 2 saturated heterocycles. The maximum absolute atomic E-state index is 12.7. The highest BCUT2D eigenvalue weighted by Crippen LogP contribution is 2.24. The van der Waals surface area contributed by atoms with Gasteiger partial charge in [-0.15, -0.1) is 0 Å². The van der Waals surface area contributed by atoms with Gasteiger partial charge in [-0.3, -0.25) is 14.4 Å². The maximum Gasteiger partial charge on any atom is 0.251 e. The van der Waals surface area contributed by atoms with Gasteiger partial charge in [-0.2, -0.15) is 0 Å². The van der Waals surface area contributed by atoms with E-state index in [1.165, 1.54) is 0 Å². The first-order valence-corrected chi connectivity index (χ1v) is 9.59. The molecule has 0 spiro atoms. The fourth-order valence-corrected chi connectivity index (χ4v) is 3.83. The monoisotopic (exact) mass is 381 g/mol. The van der Waals surface area contributed by atoms with Gasteiger partial charge in [-0.25, -0.2) is 0 Å². The highest BCUT2D eigenvalue weighted by molar-refractivity contribution is 5.95. The predicted molar refractivity (Wildman–Crippen MR) is 101 cm³/mol. The van der Waals surface area contributed by atoms with Crippen LogP contribution in [0.15, 0.2) is 47.1 Å². The molecule has 28 heavy (non-hydrogen) atoms. The molecule has 2 aliphatic rings. The van der Waals surface area contributed by atoms with Crippen LogP contribution in [-0.2, 0) is 22.7 Å². The molecule has 2 fully saturated rings. The summed E-state index contributed by atoms with van der Waals surface area (Å²) in [5.41, 5.74) is 1.43. The first kappa shape index (κ1) is 18.3. The molecule has 3 heterocycles. The SMILES string of the molecule is O=C(NCc1ccco1)c1ccc(CN2CC(=O)N3CCCC[C@@H]3C2=O)cc1. The lowest BCUT2D eigenvalue weighted by molar-refractivity contribution is -0.158. The fourth-order valence-electron chi connectivity index (χ4n) is 3.83. The lowest BCUT2D eigenvalue weighted by atomic mass is 9.98. The van der Waals surface area contributed by atoms with Crippen LogP contribution in [0.4, 0.5) is 0 Å². The highest BCUT2D eigenvalue weighted by atomic mass is 16.3. The van der Waals surface area contributed by atoms with Gasteiger partial charge in [-0.1, -0.05) is 12.1 Å². The second kappa shape index (κ2) is 7.88. The number of hydrogen-bond donors (Lipinski definition) is 1. The number of hydrogen-bond acceptors (Lipinski definition) is 4. The van der Waals surface area contributed by atoms with Gasteiger partial charge in [0.1, 0.15) is 18.3 Å². The van der Waals surface area contributed by atoms with Crippen molar-refractivity contribution in [2.45, 2.75) is 38.4 Å². The largest absolute Gasteiger partial charge is 0.467 e. The fraction of sp³-hybridized carbons (Fsp3) is 0.381. The second-order valence-corrected chi connectivity index (χ2v) is 7.25. The van der Waals surface area contributed by atoms with E-state index < -0.39 is 0 Å². The third-order valence-electron chi connectivity index (χ3n) is 5.34. The number of fused-ring (bicyclic) bond motifs is 1. The number of nitrogens with zero attached hydrogens (tertiary/aromatic N) is 2. The van der Waals surface area contributed by atoms with Gasteiger partial charge in [0.05, 0.1) is 12.8 Å². The van der Waals surface area contributed by atoms with E-state index >= 15 is 0 Å². The smallest absolute Gasteiger partial charge is 0.251 e. The Balaban J connectivity index is 1.37. The van der Waals surface area contributed by atoms with Crippen LogP contribution in [0.25, 0.3) is 0 Å². The van der Waals surface area contributed by atoms with Crippen LogP contribution in [0, 0.1) is 0 Å². The van der Waals surface area contributed by atoms with Gasteiger partial charge in [0.15, 0.2) is 0 Å². The summed E-state index contributed by atoms with van der Waals surface area (Å²) >= 11 is 0. The highest BCUT2D eigenvalue weighted by Gasteiger charge is 2.40. The number of carbonyl (C=O) groups is 3. The summed E-state index contributed by atoms with van der Waals surface area (Å²) < 4.78 is 5.20. The van der Waals surface area contributed by atoms with Gasteiger partial charge >= 0.3 is 0 Å². The Labute approximate surface area is 163 Å². The summed E-state index contributed by atoms with van der Waals surface area (Å²) in [5, 5.41) is 2.80. The molecule has 3 amide bonds. The van der Waals surface area contributed by atoms with Crippen LogP contribution in [0.5, 0.6) is 0 Å². The summed E-state index contributed by atoms with van der Waals surface area (Å²) in [6.45, 7) is 1.52. The van der Waals surface area contributed by atoms with Gasteiger partial charge in [0.25, 0.3) is 5.91 Å². The lowest BCUT2D eigenvalue weighted by Crippen LogP contribution is -2.60. The van der Waals surface area contributed by atoms with Crippen LogP contribution >= 0.6 is 0 Å². The number of carbonyl (C=O) groups excluding carboxylic acids is 3. The predicted octanol–water partition coefficient (Wildman–Crippen LogP) is 1.93. The van der Waals surface area contributed by atoms with Crippen molar-refractivity contribution >= 4 is 17.7 Å². The summed E-state index contributed by atoms with van der Waals surface area (Å²) in [6.07, 6.45) is 4.26. The minimum atomic E-state index is -0.304. The number of furan rings is 1. The van der Waals surface area contributed by atoms with E-state index in [9.17, 15) is 14.4 Å². The van der Waals surface area contributed by atoms with E-state index in [0.717, 1.165) is 24.8 Å². The number of nitrogens with one attached hydrogen (secondary N) is 1. The van der Waals surface area contributed by atoms with Gasteiger partial charge < -0.3 is 19.5 Å². The van der Waals surface area contributed by atoms with Crippen molar-refractivity contribution in [1.29, 1.82) is 0 Å². The summed E-state index contributed by atoms with van der Waals surface area (Å²) in [7, 11) is 0. The molecule has 7 nitrogen and oxygen atoms in total. The summed E-state index contributed by atoms with van der Waals surface area (Å²) in [4.78, 5) is 40.7. The van der Waals surface area contributed by atoms with Crippen molar-refractivity contribution in [3.05, 3.63) is 59.5 Å². The molecular formula is C21H23N3O4. The molecule has 1 aromatic heterocycles. The Bertz CT molecular complexity index is 860. The van der Waals surface area contributed by atoms with E-state index in [-0.39, 0.29) is 30.3 Å². The molecule has 2 aliphatic heterocycles. The number of benzene rings is 1. The van der Waals surface area contributed by atoms with Crippen LogP contribution in [0.1, 0.15) is 40.9 Å². The van der Waals surface area contributed by atoms with Crippen molar-refractivity contribution in [3.8, 4) is 0 Å². The third kappa shape index (κ3) is 3.78. The molecule has 1 aromatic carbocycles. The van der Waals surface area contributed by atoms with Gasteiger partial charge in [0, 0.05) is 18.7 Å². The maximum atomic E-state index is 12.7. The van der Waals surface area contributed by atoms with Crippen molar-refractivity contribution in [3.63, 3.8) is 0 Å². The van der Waals surface area contributed by atoms with E-state index in [2.05, 4.69) is 5.32 Å². The molecular weight excluding hydrogens is 358 g/mol. The average Bonchev–Trinajstić information content (AvgIpc) is 3.24. The minimum absolute atomic E-state index is 0.0261. The zero-order chi connectivity index (χ0) is 19.5. The molecule has 0 bridgehead atoms. The topological polar surface area (TPSA) is 82.9 Å². The van der Waals surface area contributed by atoms with E-state index in [4.69, 9.17) is 4.42 Å². The molecule has 0 unspecified atom stereocenters. The van der Waals surface area contributed by atoms with Crippen LogP contribution < -0.4 is 5.32 Å². The van der Waals surface area contributed by atoms with Gasteiger partial charge in [0.2, 0.25) is 11.8 Å². The van der Waals surface area contributed by atoms with E-state index in [1.807, 2.05) is 12.1 Å². The summed E-state index contributed by atoms with van der Waals surface area (Å²) in [5.74, 6) is 0.554. The van der Waals surface area contributed by atoms with E-state index in [1.54, 1.807) is 40.3 Å². The minimum Gasteiger partial charge on any atom is -0.467 e. The molecule has 4 rings (SSSR count). The Morgan fingerprint density at radius 3 is 2.71 bits per heavy atom. The van der Waals surface area contributed by atoms with Crippen LogP contribution in [-0.4, -0.2) is 46.7 Å². The first-order valence-electron chi connectivity index (χ1n) is 9.59. The summed E-state index contributed by atoms with van der Waals surface area (Å²) in [6, 6.07) is 10.4. The number of piperazine rings is 1. The normalized spacial score (nSPS) is 19.5. The Morgan fingerprint density at radius 1 is 1.14 bits per heavy atom. The molecule has 7 heteroatoms. The molecule has 146 valence electrons. The van der Waals surface area contributed by atoms with E-state index in [0.29, 0.717) is 31.0 Å². The molecule has 1 atom stereocenters. The average molecular weight is 381 g/mol. The van der Waals surface area contributed by atoms with Crippen molar-refractivity contribution in [2.24, 2.45) is 0 Å². The zero-order valence-corrected chi connectivity index (χ0v) is 15.6. The van der Waals surface area contributed by atoms with Crippen LogP contribution in [0.3, 0.4) is 0 Å². The Hall–Kier alpha value is -3.09. The standard InChI is InChI=1S/C21H23N3O4/c25-19-14-23(21(27)18-5-1-2-10-24(18)19)13-15-6-8-16(9-7-15)20(26)22-12-17-4-3-11-28-17/h3-4,6-9,11,18H,1-2,5,10,12-14H2,(H,22,26)/t18-/m1/s1. The zero-order valence-electron chi connectivity index (χ0n) is 15.6. The molecule has 0 aliphatic carbocycles. The molecule has 1 N–H and O–H groups in total. The lowest BCUT2D eigenvalue weighted by Gasteiger charge is -2.42. The number of amides is 3. The van der Waals surface area contributed by atoms with Crippen LogP contribution in [0.2, 0.25) is 0 Å². The molecule has 2 aromatic rings. The number of rotatable bonds is 5. The van der Waals surface area contributed by atoms with Crippen molar-refractivity contribution < 1.29 is 18.8 Å². The van der Waals surface area contributed by atoms with Gasteiger partial charge in [-0.05, 0) is 49.1 Å². The Morgan fingerprint density at radius 2 is 1.96 bits per heavy atom. The van der Waals surface area contributed by atoms with Crippen molar-refractivity contribution in [1.82, 2.24) is 15.1 Å². The van der Waals surface area contributed by atoms with Crippen molar-refractivity contribution in [2.75, 3.05) is 13.1 Å². The first-order chi connectivity index (χ1) is 13.6. The molecule has 0 saturated carbocycles.